The molecule has 0 aliphatic heterocycles. The number of benzene rings is 2. The monoisotopic (exact) mass is 484 g/mol. The molecule has 0 aliphatic carbocycles. The topological polar surface area (TPSA) is 63.6 Å². The number of rotatable bonds is 17. The van der Waals surface area contributed by atoms with Crippen LogP contribution in [0.25, 0.3) is 0 Å². The van der Waals surface area contributed by atoms with Gasteiger partial charge in [-0.1, -0.05) is 82.2 Å². The second kappa shape index (κ2) is 16.4. The highest BCUT2D eigenvalue weighted by atomic mass is 32.2. The van der Waals surface area contributed by atoms with Crippen molar-refractivity contribution in [3.63, 3.8) is 0 Å². The first-order valence-corrected chi connectivity index (χ1v) is 13.6. The van der Waals surface area contributed by atoms with E-state index in [0.29, 0.717) is 12.0 Å². The van der Waals surface area contributed by atoms with Gasteiger partial charge in [-0.2, -0.15) is 0 Å². The van der Waals surface area contributed by atoms with E-state index >= 15 is 0 Å². The van der Waals surface area contributed by atoms with Crippen molar-refractivity contribution in [2.45, 2.75) is 94.1 Å². The van der Waals surface area contributed by atoms with Crippen molar-refractivity contribution in [2.24, 2.45) is 0 Å². The Morgan fingerprint density at radius 3 is 2.29 bits per heavy atom. The van der Waals surface area contributed by atoms with Crippen molar-refractivity contribution in [1.82, 2.24) is 0 Å². The van der Waals surface area contributed by atoms with Crippen molar-refractivity contribution < 1.29 is 19.4 Å². The first-order valence-electron chi connectivity index (χ1n) is 12.7. The molecule has 0 saturated heterocycles. The fraction of sp³-hybridized carbons (Fsp3) is 0.517. The summed E-state index contributed by atoms with van der Waals surface area (Å²) in [7, 11) is 1.42. The number of thioether (sulfide) groups is 1. The molecule has 0 fully saturated rings. The number of carboxylic acids is 1. The maximum absolute atomic E-state index is 11.4. The summed E-state index contributed by atoms with van der Waals surface area (Å²) >= 11 is 1.70. The molecule has 0 spiro atoms. The fourth-order valence-electron chi connectivity index (χ4n) is 4.05. The van der Waals surface area contributed by atoms with Gasteiger partial charge in [0, 0.05) is 16.6 Å². The molecule has 0 heterocycles. The number of esters is 1. The lowest BCUT2D eigenvalue weighted by Crippen LogP contribution is -2.01. The van der Waals surface area contributed by atoms with Gasteiger partial charge >= 0.3 is 11.9 Å². The number of hydrogen-bond acceptors (Lipinski definition) is 4. The molecule has 2 aromatic rings. The largest absolute Gasteiger partial charge is 0.478 e. The Kier molecular flexibility index (Phi) is 13.5. The number of carbonyl (C=O) groups is 2. The summed E-state index contributed by atoms with van der Waals surface area (Å²) in [4.78, 5) is 23.8. The Labute approximate surface area is 209 Å². The minimum atomic E-state index is -0.910. The van der Waals surface area contributed by atoms with Gasteiger partial charge in [0.25, 0.3) is 0 Å². The number of methoxy groups -OCH3 is 1. The Morgan fingerprint density at radius 1 is 0.912 bits per heavy atom. The molecule has 5 heteroatoms. The number of ether oxygens (including phenoxy) is 1. The maximum atomic E-state index is 11.4. The fourth-order valence-corrected chi connectivity index (χ4v) is 5.31. The van der Waals surface area contributed by atoms with Crippen LogP contribution in [0.5, 0.6) is 0 Å². The molecule has 0 radical (unpaired) electrons. The zero-order chi connectivity index (χ0) is 24.6. The summed E-state index contributed by atoms with van der Waals surface area (Å²) in [5, 5.41) is 9.53. The number of aryl methyl sites for hydroxylation is 1. The Bertz CT molecular complexity index is 863. The van der Waals surface area contributed by atoms with Gasteiger partial charge in [0.05, 0.1) is 12.7 Å². The minimum Gasteiger partial charge on any atom is -0.478 e. The van der Waals surface area contributed by atoms with Crippen LogP contribution < -0.4 is 0 Å². The molecule has 0 aromatic heterocycles. The molecule has 1 atom stereocenters. The molecule has 0 bridgehead atoms. The Hall–Kier alpha value is -2.27. The molecular formula is C29H40O4S. The van der Waals surface area contributed by atoms with Crippen LogP contribution in [0.15, 0.2) is 53.4 Å². The highest BCUT2D eigenvalue weighted by molar-refractivity contribution is 7.99. The van der Waals surface area contributed by atoms with Crippen LogP contribution in [-0.2, 0) is 16.0 Å². The van der Waals surface area contributed by atoms with Crippen molar-refractivity contribution >= 4 is 23.7 Å². The number of hydrogen-bond donors (Lipinski definition) is 1. The summed E-state index contributed by atoms with van der Waals surface area (Å²) < 4.78 is 4.75. The Balaban J connectivity index is 1.96. The third-order valence-electron chi connectivity index (χ3n) is 6.10. The van der Waals surface area contributed by atoms with Crippen LogP contribution in [0.2, 0.25) is 0 Å². The molecular weight excluding hydrogens is 444 g/mol. The van der Waals surface area contributed by atoms with E-state index in [1.165, 1.54) is 63.2 Å². The highest BCUT2D eigenvalue weighted by Crippen LogP contribution is 2.39. The smallest absolute Gasteiger partial charge is 0.335 e. The first-order chi connectivity index (χ1) is 16.5. The van der Waals surface area contributed by atoms with E-state index in [0.717, 1.165) is 30.6 Å². The number of carbonyl (C=O) groups excluding carboxylic acids is 1. The summed E-state index contributed by atoms with van der Waals surface area (Å²) in [5.41, 5.74) is 2.92. The van der Waals surface area contributed by atoms with E-state index < -0.39 is 5.97 Å². The van der Waals surface area contributed by atoms with E-state index in [2.05, 4.69) is 31.2 Å². The quantitative estimate of drug-likeness (QED) is 0.139. The lowest BCUT2D eigenvalue weighted by Gasteiger charge is -2.18. The maximum Gasteiger partial charge on any atom is 0.335 e. The van der Waals surface area contributed by atoms with E-state index in [1.54, 1.807) is 30.0 Å². The number of aromatic carboxylic acids is 1. The molecule has 2 aromatic carbocycles. The van der Waals surface area contributed by atoms with Gasteiger partial charge < -0.3 is 9.84 Å². The summed E-state index contributed by atoms with van der Waals surface area (Å²) in [6.45, 7) is 2.25. The third kappa shape index (κ3) is 10.8. The normalized spacial score (nSPS) is 11.8. The first kappa shape index (κ1) is 28.0. The number of carboxylic acid groups (broad SMARTS) is 1. The van der Waals surface area contributed by atoms with Crippen molar-refractivity contribution in [2.75, 3.05) is 7.11 Å². The van der Waals surface area contributed by atoms with Gasteiger partial charge in [-0.25, -0.2) is 4.79 Å². The van der Waals surface area contributed by atoms with E-state index in [1.807, 2.05) is 6.07 Å². The van der Waals surface area contributed by atoms with Crippen molar-refractivity contribution in [3.8, 4) is 0 Å². The molecule has 0 aliphatic rings. The second-order valence-electron chi connectivity index (χ2n) is 8.87. The molecule has 4 nitrogen and oxygen atoms in total. The molecule has 1 unspecified atom stereocenters. The van der Waals surface area contributed by atoms with Crippen LogP contribution in [0, 0.1) is 0 Å². The summed E-state index contributed by atoms with van der Waals surface area (Å²) in [5.74, 6) is -1.08. The van der Waals surface area contributed by atoms with Crippen LogP contribution in [-0.4, -0.2) is 24.2 Å². The number of unbranched alkanes of at least 4 members (excludes halogenated alkanes) is 7. The summed E-state index contributed by atoms with van der Waals surface area (Å²) in [6.07, 6.45) is 13.4. The average molecular weight is 485 g/mol. The van der Waals surface area contributed by atoms with Gasteiger partial charge in [-0.15, -0.1) is 11.8 Å². The van der Waals surface area contributed by atoms with Gasteiger partial charge in [0.1, 0.15) is 0 Å². The van der Waals surface area contributed by atoms with Gasteiger partial charge in [-0.05, 0) is 55.0 Å². The molecule has 186 valence electrons. The van der Waals surface area contributed by atoms with Crippen LogP contribution >= 0.6 is 11.8 Å². The zero-order valence-corrected chi connectivity index (χ0v) is 21.6. The van der Waals surface area contributed by atoms with Gasteiger partial charge in [0.2, 0.25) is 0 Å². The molecule has 0 amide bonds. The second-order valence-corrected chi connectivity index (χ2v) is 10.2. The molecule has 1 N–H and O–H groups in total. The molecule has 34 heavy (non-hydrogen) atoms. The zero-order valence-electron chi connectivity index (χ0n) is 20.8. The predicted octanol–water partition coefficient (Wildman–Crippen LogP) is 8.24. The summed E-state index contributed by atoms with van der Waals surface area (Å²) in [6, 6.07) is 16.0. The standard InChI is InChI=1S/C29H40O4S/c1-3-4-5-6-7-8-9-13-23-18-20-24(21-19-23)27(16-10-11-17-28(30)33-2)34-26-15-12-14-25(22-26)29(31)32/h12,14-15,18-22,27H,3-11,13,16-17H2,1-2H3,(H,31,32). The van der Waals surface area contributed by atoms with Crippen LogP contribution in [0.1, 0.15) is 104 Å². The van der Waals surface area contributed by atoms with E-state index in [9.17, 15) is 14.7 Å². The van der Waals surface area contributed by atoms with Crippen LogP contribution in [0.4, 0.5) is 0 Å². The van der Waals surface area contributed by atoms with Crippen molar-refractivity contribution in [3.05, 3.63) is 65.2 Å². The average Bonchev–Trinajstić information content (AvgIpc) is 2.85. The van der Waals surface area contributed by atoms with Gasteiger partial charge in [-0.3, -0.25) is 4.79 Å². The minimum absolute atomic E-state index is 0.173. The lowest BCUT2D eigenvalue weighted by molar-refractivity contribution is -0.140. The molecule has 0 saturated carbocycles. The van der Waals surface area contributed by atoms with Crippen molar-refractivity contribution in [1.29, 1.82) is 0 Å². The molecule has 2 rings (SSSR count). The predicted molar refractivity (Wildman–Crippen MR) is 141 cm³/mol. The highest BCUT2D eigenvalue weighted by Gasteiger charge is 2.15. The van der Waals surface area contributed by atoms with Crippen LogP contribution in [0.3, 0.4) is 0 Å². The Morgan fingerprint density at radius 2 is 1.62 bits per heavy atom. The third-order valence-corrected chi connectivity index (χ3v) is 7.42. The van der Waals surface area contributed by atoms with Gasteiger partial charge in [0.15, 0.2) is 0 Å². The van der Waals surface area contributed by atoms with E-state index in [4.69, 9.17) is 4.74 Å². The van der Waals surface area contributed by atoms with E-state index in [-0.39, 0.29) is 11.2 Å². The lowest BCUT2D eigenvalue weighted by atomic mass is 10.0. The SMILES string of the molecule is CCCCCCCCCc1ccc(C(CCCCC(=O)OC)Sc2cccc(C(=O)O)c2)cc1.